The second-order valence-electron chi connectivity index (χ2n) is 9.55. The van der Waals surface area contributed by atoms with Crippen molar-refractivity contribution < 1.29 is 28.7 Å². The molecule has 10 heteroatoms. The van der Waals surface area contributed by atoms with E-state index in [-0.39, 0.29) is 37.8 Å². The summed E-state index contributed by atoms with van der Waals surface area (Å²) in [5, 5.41) is 11.3. The molecular weight excluding hydrogens is 524 g/mol. The van der Waals surface area contributed by atoms with Crippen LogP contribution in [-0.4, -0.2) is 56.5 Å². The summed E-state index contributed by atoms with van der Waals surface area (Å²) in [5.74, 6) is -0.479. The first-order valence-electron chi connectivity index (χ1n) is 13.5. The molecular formula is C31H34N4O6. The number of rotatable bonds is 3. The molecule has 4 bridgehead atoms. The Kier molecular flexibility index (Phi) is 10.3. The number of carbonyl (C=O) groups excluding carboxylic acids is 4. The molecule has 2 heterocycles. The highest BCUT2D eigenvalue weighted by molar-refractivity contribution is 5.98. The third-order valence-electron chi connectivity index (χ3n) is 6.55. The molecule has 0 unspecified atom stereocenters. The van der Waals surface area contributed by atoms with Gasteiger partial charge in [0.05, 0.1) is 13.7 Å². The van der Waals surface area contributed by atoms with Crippen molar-refractivity contribution in [3.05, 3.63) is 95.1 Å². The zero-order valence-corrected chi connectivity index (χ0v) is 22.9. The SMILES string of the molecule is COc1ccc2cc1OCCCNC(=O)c1ccc(cc1)CNC(=O)CCNC(=O)[C@H](Cc1ccccc1)NC2=O. The average Bonchev–Trinajstić information content (AvgIpc) is 2.99. The minimum atomic E-state index is -0.872. The van der Waals surface area contributed by atoms with Crippen LogP contribution in [0.15, 0.2) is 72.8 Å². The molecule has 41 heavy (non-hydrogen) atoms. The summed E-state index contributed by atoms with van der Waals surface area (Å²) in [6.45, 7) is 1.06. The van der Waals surface area contributed by atoms with Crippen LogP contribution in [0.1, 0.15) is 44.7 Å². The second-order valence-corrected chi connectivity index (χ2v) is 9.55. The van der Waals surface area contributed by atoms with Crippen molar-refractivity contribution >= 4 is 23.6 Å². The lowest BCUT2D eigenvalue weighted by Crippen LogP contribution is -2.48. The molecule has 0 saturated heterocycles. The van der Waals surface area contributed by atoms with Crippen LogP contribution >= 0.6 is 0 Å². The Labute approximate surface area is 238 Å². The summed E-state index contributed by atoms with van der Waals surface area (Å²) in [6.07, 6.45) is 0.859. The largest absolute Gasteiger partial charge is 0.493 e. The van der Waals surface area contributed by atoms with Gasteiger partial charge in [-0.1, -0.05) is 42.5 Å². The molecule has 2 aliphatic heterocycles. The quantitative estimate of drug-likeness (QED) is 0.390. The van der Waals surface area contributed by atoms with Gasteiger partial charge >= 0.3 is 0 Å². The number of hydrogen-bond donors (Lipinski definition) is 4. The van der Waals surface area contributed by atoms with Crippen molar-refractivity contribution in [3.8, 4) is 11.5 Å². The fraction of sp³-hybridized carbons (Fsp3) is 0.290. The number of nitrogens with one attached hydrogen (secondary N) is 4. The van der Waals surface area contributed by atoms with E-state index >= 15 is 0 Å². The fourth-order valence-electron chi connectivity index (χ4n) is 4.28. The molecule has 2 aliphatic rings. The van der Waals surface area contributed by atoms with Crippen LogP contribution in [0, 0.1) is 0 Å². The van der Waals surface area contributed by atoms with E-state index in [1.54, 1.807) is 42.5 Å². The van der Waals surface area contributed by atoms with Crippen molar-refractivity contribution in [2.75, 3.05) is 26.8 Å². The summed E-state index contributed by atoms with van der Waals surface area (Å²) >= 11 is 0. The topological polar surface area (TPSA) is 135 Å². The molecule has 0 spiro atoms. The van der Waals surface area contributed by atoms with Gasteiger partial charge in [0.15, 0.2) is 11.5 Å². The van der Waals surface area contributed by atoms with Crippen molar-refractivity contribution in [3.63, 3.8) is 0 Å². The van der Waals surface area contributed by atoms with E-state index in [9.17, 15) is 19.2 Å². The minimum Gasteiger partial charge on any atom is -0.493 e. The lowest BCUT2D eigenvalue weighted by atomic mass is 10.0. The van der Waals surface area contributed by atoms with Crippen LogP contribution in [0.5, 0.6) is 11.5 Å². The Morgan fingerprint density at radius 3 is 2.34 bits per heavy atom. The summed E-state index contributed by atoms with van der Waals surface area (Å²) in [5.41, 5.74) is 2.51. The second kappa shape index (κ2) is 14.5. The summed E-state index contributed by atoms with van der Waals surface area (Å²) in [4.78, 5) is 51.3. The van der Waals surface area contributed by atoms with Gasteiger partial charge in [0.1, 0.15) is 6.04 Å². The Bertz CT molecular complexity index is 1360. The molecule has 3 aromatic carbocycles. The van der Waals surface area contributed by atoms with Crippen LogP contribution in [0.3, 0.4) is 0 Å². The number of hydrogen-bond acceptors (Lipinski definition) is 6. The highest BCUT2D eigenvalue weighted by atomic mass is 16.5. The van der Waals surface area contributed by atoms with E-state index in [2.05, 4.69) is 21.3 Å². The van der Waals surface area contributed by atoms with Gasteiger partial charge in [-0.05, 0) is 47.9 Å². The van der Waals surface area contributed by atoms with Crippen molar-refractivity contribution in [1.82, 2.24) is 21.3 Å². The maximum atomic E-state index is 13.2. The van der Waals surface area contributed by atoms with Gasteiger partial charge in [0, 0.05) is 43.6 Å². The zero-order chi connectivity index (χ0) is 29.0. The Morgan fingerprint density at radius 1 is 0.829 bits per heavy atom. The maximum absolute atomic E-state index is 13.2. The van der Waals surface area contributed by atoms with Crippen LogP contribution < -0.4 is 30.7 Å². The molecule has 5 rings (SSSR count). The van der Waals surface area contributed by atoms with Crippen LogP contribution in [-0.2, 0) is 22.6 Å². The highest BCUT2D eigenvalue weighted by Gasteiger charge is 2.23. The van der Waals surface area contributed by atoms with E-state index in [1.807, 2.05) is 30.3 Å². The number of carbonyl (C=O) groups is 4. The van der Waals surface area contributed by atoms with Gasteiger partial charge < -0.3 is 30.7 Å². The molecule has 3 aromatic rings. The van der Waals surface area contributed by atoms with E-state index < -0.39 is 17.9 Å². The van der Waals surface area contributed by atoms with Crippen molar-refractivity contribution in [1.29, 1.82) is 0 Å². The molecule has 0 aromatic heterocycles. The van der Waals surface area contributed by atoms with Gasteiger partial charge in [-0.2, -0.15) is 0 Å². The van der Waals surface area contributed by atoms with Gasteiger partial charge in [-0.3, -0.25) is 19.2 Å². The predicted molar refractivity (Wildman–Crippen MR) is 153 cm³/mol. The minimum absolute atomic E-state index is 0.0669. The third kappa shape index (κ3) is 8.56. The fourth-order valence-corrected chi connectivity index (χ4v) is 4.28. The van der Waals surface area contributed by atoms with Gasteiger partial charge in [0.25, 0.3) is 11.8 Å². The zero-order valence-electron chi connectivity index (χ0n) is 22.9. The number of methoxy groups -OCH3 is 1. The summed E-state index contributed by atoms with van der Waals surface area (Å²) in [6, 6.07) is 20.3. The third-order valence-corrected chi connectivity index (χ3v) is 6.55. The molecule has 1 atom stereocenters. The van der Waals surface area contributed by atoms with Gasteiger partial charge in [-0.15, -0.1) is 0 Å². The molecule has 0 radical (unpaired) electrons. The Balaban J connectivity index is 1.53. The summed E-state index contributed by atoms with van der Waals surface area (Å²) in [7, 11) is 1.50. The van der Waals surface area contributed by atoms with E-state index in [4.69, 9.17) is 9.47 Å². The molecule has 4 amide bonds. The van der Waals surface area contributed by atoms with Gasteiger partial charge in [-0.25, -0.2) is 0 Å². The first-order valence-corrected chi connectivity index (χ1v) is 13.5. The standard InChI is InChI=1S/C31H34N4O6/c1-40-26-13-12-24-19-27(26)41-17-5-15-32-29(37)23-10-8-22(9-11-23)20-34-28(36)14-16-33-31(39)25(35-30(24)38)18-21-6-3-2-4-7-21/h2-4,6-13,19,25H,5,14-18,20H2,1H3,(H,32,37)(H,33,39)(H,34,36)(H,35,38)/t25-/m0/s1. The van der Waals surface area contributed by atoms with E-state index in [0.717, 1.165) is 11.1 Å². The summed E-state index contributed by atoms with van der Waals surface area (Å²) < 4.78 is 11.3. The van der Waals surface area contributed by atoms with Crippen LogP contribution in [0.25, 0.3) is 0 Å². The number of benzene rings is 3. The van der Waals surface area contributed by atoms with Gasteiger partial charge in [0.2, 0.25) is 11.8 Å². The van der Waals surface area contributed by atoms with Crippen LogP contribution in [0.4, 0.5) is 0 Å². The first kappa shape index (κ1) is 29.1. The highest BCUT2D eigenvalue weighted by Crippen LogP contribution is 2.28. The lowest BCUT2D eigenvalue weighted by molar-refractivity contribution is -0.123. The molecule has 4 N–H and O–H groups in total. The average molecular weight is 559 g/mol. The Hall–Kier alpha value is -4.86. The normalized spacial score (nSPS) is 17.3. The molecule has 0 saturated carbocycles. The molecule has 10 nitrogen and oxygen atoms in total. The van der Waals surface area contributed by atoms with Crippen molar-refractivity contribution in [2.24, 2.45) is 0 Å². The molecule has 0 aliphatic carbocycles. The monoisotopic (exact) mass is 558 g/mol. The number of amides is 4. The number of fused-ring (bicyclic) bond motifs is 16. The smallest absolute Gasteiger partial charge is 0.252 e. The number of ether oxygens (including phenoxy) is 2. The lowest BCUT2D eigenvalue weighted by Gasteiger charge is -2.19. The van der Waals surface area contributed by atoms with E-state index in [1.165, 1.54) is 7.11 Å². The van der Waals surface area contributed by atoms with E-state index in [0.29, 0.717) is 42.1 Å². The predicted octanol–water partition coefficient (Wildman–Crippen LogP) is 2.37. The Morgan fingerprint density at radius 2 is 1.59 bits per heavy atom. The van der Waals surface area contributed by atoms with Crippen molar-refractivity contribution in [2.45, 2.75) is 31.8 Å². The van der Waals surface area contributed by atoms with Crippen LogP contribution in [0.2, 0.25) is 0 Å². The molecule has 214 valence electrons. The molecule has 0 fully saturated rings. The maximum Gasteiger partial charge on any atom is 0.252 e. The first-order chi connectivity index (χ1) is 19.9.